The van der Waals surface area contributed by atoms with Crippen molar-refractivity contribution in [3.8, 4) is 0 Å². The van der Waals surface area contributed by atoms with Gasteiger partial charge in [-0.1, -0.05) is 30.3 Å². The van der Waals surface area contributed by atoms with Crippen molar-refractivity contribution in [1.82, 2.24) is 5.32 Å². The number of hydrogen-bond donors (Lipinski definition) is 2. The predicted octanol–water partition coefficient (Wildman–Crippen LogP) is 2.99. The first kappa shape index (κ1) is 15.2. The van der Waals surface area contributed by atoms with E-state index < -0.39 is 0 Å². The van der Waals surface area contributed by atoms with Gasteiger partial charge < -0.3 is 10.6 Å². The molecule has 0 aromatic heterocycles. The van der Waals surface area contributed by atoms with Crippen molar-refractivity contribution in [1.29, 1.82) is 0 Å². The molecule has 0 heterocycles. The number of benzene rings is 2. The zero-order valence-corrected chi connectivity index (χ0v) is 11.8. The lowest BCUT2D eigenvalue weighted by atomic mass is 10.1. The van der Waals surface area contributed by atoms with E-state index in [1.165, 1.54) is 17.7 Å². The van der Waals surface area contributed by atoms with Crippen LogP contribution >= 0.6 is 0 Å². The van der Waals surface area contributed by atoms with Crippen LogP contribution in [0.15, 0.2) is 54.6 Å². The van der Waals surface area contributed by atoms with E-state index in [4.69, 9.17) is 0 Å². The van der Waals surface area contributed by atoms with Gasteiger partial charge in [-0.15, -0.1) is 0 Å². The van der Waals surface area contributed by atoms with Crippen LogP contribution in [0.25, 0.3) is 0 Å². The molecule has 0 aliphatic heterocycles. The van der Waals surface area contributed by atoms with E-state index in [1.807, 2.05) is 18.2 Å². The van der Waals surface area contributed by atoms with E-state index in [2.05, 4.69) is 22.8 Å². The molecule has 0 bridgehead atoms. The van der Waals surface area contributed by atoms with Crippen molar-refractivity contribution in [2.24, 2.45) is 0 Å². The smallest absolute Gasteiger partial charge is 0.238 e. The van der Waals surface area contributed by atoms with Crippen molar-refractivity contribution in [2.45, 2.75) is 12.8 Å². The summed E-state index contributed by atoms with van der Waals surface area (Å²) in [4.78, 5) is 11.7. The second kappa shape index (κ2) is 8.17. The molecule has 0 atom stereocenters. The Balaban J connectivity index is 1.60. The Kier molecular flexibility index (Phi) is 5.91. The van der Waals surface area contributed by atoms with Gasteiger partial charge in [-0.25, -0.2) is 4.39 Å². The highest BCUT2D eigenvalue weighted by molar-refractivity contribution is 5.92. The Morgan fingerprint density at radius 3 is 2.43 bits per heavy atom. The molecule has 3 nitrogen and oxygen atoms in total. The van der Waals surface area contributed by atoms with E-state index in [0.29, 0.717) is 5.69 Å². The zero-order chi connectivity index (χ0) is 14.9. The van der Waals surface area contributed by atoms with E-state index in [0.717, 1.165) is 19.4 Å². The third-order valence-electron chi connectivity index (χ3n) is 3.08. The quantitative estimate of drug-likeness (QED) is 0.768. The summed E-state index contributed by atoms with van der Waals surface area (Å²) in [5.41, 5.74) is 1.91. The number of nitrogens with one attached hydrogen (secondary N) is 2. The van der Waals surface area contributed by atoms with Gasteiger partial charge in [0.1, 0.15) is 5.82 Å². The van der Waals surface area contributed by atoms with E-state index >= 15 is 0 Å². The van der Waals surface area contributed by atoms with Crippen molar-refractivity contribution >= 4 is 11.6 Å². The minimum atomic E-state index is -0.313. The number of anilines is 1. The number of amides is 1. The summed E-state index contributed by atoms with van der Waals surface area (Å²) in [5, 5.41) is 5.81. The van der Waals surface area contributed by atoms with Gasteiger partial charge in [-0.05, 0) is 49.2 Å². The van der Waals surface area contributed by atoms with Crippen LogP contribution in [0.4, 0.5) is 10.1 Å². The van der Waals surface area contributed by atoms with Gasteiger partial charge in [0, 0.05) is 5.69 Å². The molecule has 0 fully saturated rings. The number of rotatable bonds is 7. The van der Waals surface area contributed by atoms with Crippen molar-refractivity contribution in [3.05, 3.63) is 66.0 Å². The molecule has 0 aliphatic rings. The SMILES string of the molecule is O=C(CNCCCc1ccccc1)Nc1ccc(F)cc1. The molecule has 0 radical (unpaired) electrons. The normalized spacial score (nSPS) is 10.3. The minimum Gasteiger partial charge on any atom is -0.325 e. The van der Waals surface area contributed by atoms with Crippen molar-refractivity contribution in [3.63, 3.8) is 0 Å². The van der Waals surface area contributed by atoms with Crippen LogP contribution in [0.1, 0.15) is 12.0 Å². The summed E-state index contributed by atoms with van der Waals surface area (Å²) < 4.78 is 12.7. The second-order valence-electron chi connectivity index (χ2n) is 4.82. The summed E-state index contributed by atoms with van der Waals surface area (Å²) in [6, 6.07) is 16.0. The molecule has 4 heteroatoms. The molecule has 0 saturated carbocycles. The van der Waals surface area contributed by atoms with Gasteiger partial charge in [0.15, 0.2) is 0 Å². The molecule has 0 spiro atoms. The lowest BCUT2D eigenvalue weighted by Gasteiger charge is -2.07. The van der Waals surface area contributed by atoms with Gasteiger partial charge in [0.25, 0.3) is 0 Å². The highest BCUT2D eigenvalue weighted by Gasteiger charge is 2.01. The fourth-order valence-electron chi connectivity index (χ4n) is 2.00. The number of carbonyl (C=O) groups excluding carboxylic acids is 1. The first-order chi connectivity index (χ1) is 10.2. The first-order valence-electron chi connectivity index (χ1n) is 7.04. The van der Waals surface area contributed by atoms with Crippen molar-refractivity contribution < 1.29 is 9.18 Å². The summed E-state index contributed by atoms with van der Waals surface area (Å²) in [5.74, 6) is -0.437. The maximum Gasteiger partial charge on any atom is 0.238 e. The Morgan fingerprint density at radius 2 is 1.71 bits per heavy atom. The summed E-state index contributed by atoms with van der Waals surface area (Å²) in [6.07, 6.45) is 1.97. The third kappa shape index (κ3) is 5.75. The van der Waals surface area contributed by atoms with Crippen LogP contribution < -0.4 is 10.6 Å². The molecule has 21 heavy (non-hydrogen) atoms. The molecule has 0 saturated heterocycles. The van der Waals surface area contributed by atoms with Crippen LogP contribution in [0.5, 0.6) is 0 Å². The Bertz CT molecular complexity index is 555. The molecule has 2 aromatic rings. The fraction of sp³-hybridized carbons (Fsp3) is 0.235. The monoisotopic (exact) mass is 286 g/mol. The molecular formula is C17H19FN2O. The molecular weight excluding hydrogens is 267 g/mol. The summed E-state index contributed by atoms with van der Waals surface area (Å²) in [7, 11) is 0. The Labute approximate surface area is 124 Å². The third-order valence-corrected chi connectivity index (χ3v) is 3.08. The lowest BCUT2D eigenvalue weighted by Crippen LogP contribution is -2.28. The van der Waals surface area contributed by atoms with Crippen LogP contribution in [0.2, 0.25) is 0 Å². The first-order valence-corrected chi connectivity index (χ1v) is 7.04. The van der Waals surface area contributed by atoms with E-state index in [9.17, 15) is 9.18 Å². The molecule has 2 aromatic carbocycles. The topological polar surface area (TPSA) is 41.1 Å². The Hall–Kier alpha value is -2.20. The number of aryl methyl sites for hydroxylation is 1. The number of carbonyl (C=O) groups is 1. The molecule has 1 amide bonds. The maximum atomic E-state index is 12.7. The molecule has 0 unspecified atom stereocenters. The van der Waals surface area contributed by atoms with Crippen LogP contribution in [0.3, 0.4) is 0 Å². The number of hydrogen-bond acceptors (Lipinski definition) is 2. The maximum absolute atomic E-state index is 12.7. The summed E-state index contributed by atoms with van der Waals surface area (Å²) in [6.45, 7) is 1.04. The zero-order valence-electron chi connectivity index (χ0n) is 11.8. The van der Waals surface area contributed by atoms with Gasteiger partial charge in [-0.3, -0.25) is 4.79 Å². The molecule has 110 valence electrons. The van der Waals surface area contributed by atoms with Crippen LogP contribution in [0, 0.1) is 5.82 Å². The Morgan fingerprint density at radius 1 is 1.00 bits per heavy atom. The second-order valence-corrected chi connectivity index (χ2v) is 4.82. The highest BCUT2D eigenvalue weighted by atomic mass is 19.1. The largest absolute Gasteiger partial charge is 0.325 e. The van der Waals surface area contributed by atoms with E-state index in [-0.39, 0.29) is 18.3 Å². The van der Waals surface area contributed by atoms with Gasteiger partial charge in [0.05, 0.1) is 6.54 Å². The average molecular weight is 286 g/mol. The van der Waals surface area contributed by atoms with Gasteiger partial charge in [-0.2, -0.15) is 0 Å². The van der Waals surface area contributed by atoms with Crippen molar-refractivity contribution in [2.75, 3.05) is 18.4 Å². The van der Waals surface area contributed by atoms with Crippen LogP contribution in [-0.4, -0.2) is 19.0 Å². The van der Waals surface area contributed by atoms with Gasteiger partial charge in [0.2, 0.25) is 5.91 Å². The predicted molar refractivity (Wildman–Crippen MR) is 82.7 cm³/mol. The average Bonchev–Trinajstić information content (AvgIpc) is 2.50. The standard InChI is InChI=1S/C17H19FN2O/c18-15-8-10-16(11-9-15)20-17(21)13-19-12-4-7-14-5-2-1-3-6-14/h1-3,5-6,8-11,19H,4,7,12-13H2,(H,20,21). The molecule has 2 N–H and O–H groups in total. The fourth-order valence-corrected chi connectivity index (χ4v) is 2.00. The van der Waals surface area contributed by atoms with Gasteiger partial charge >= 0.3 is 0 Å². The van der Waals surface area contributed by atoms with Crippen LogP contribution in [-0.2, 0) is 11.2 Å². The molecule has 0 aliphatic carbocycles. The highest BCUT2D eigenvalue weighted by Crippen LogP contribution is 2.07. The van der Waals surface area contributed by atoms with E-state index in [1.54, 1.807) is 12.1 Å². The lowest BCUT2D eigenvalue weighted by molar-refractivity contribution is -0.115. The minimum absolute atomic E-state index is 0.124. The number of halogens is 1. The molecule has 2 rings (SSSR count). The summed E-state index contributed by atoms with van der Waals surface area (Å²) >= 11 is 0.